The Kier molecular flexibility index (Phi) is 2.29. The Morgan fingerprint density at radius 3 is 2.55 bits per heavy atom. The molecule has 0 saturated heterocycles. The van der Waals surface area contributed by atoms with Gasteiger partial charge in [0.25, 0.3) is 0 Å². The molecule has 0 fully saturated rings. The quantitative estimate of drug-likeness (QED) is 0.673. The monoisotopic (exact) mass is 194 g/mol. The molecule has 5 heteroatoms. The molecule has 0 aliphatic rings. The number of hydrogen-bond donors (Lipinski definition) is 0. The van der Waals surface area contributed by atoms with Crippen LogP contribution in [0.3, 0.4) is 0 Å². The van der Waals surface area contributed by atoms with E-state index in [-0.39, 0.29) is 0 Å². The Bertz CT molecular complexity index is 339. The Balaban J connectivity index is 2.89. The van der Waals surface area contributed by atoms with Crippen LogP contribution in [-0.4, -0.2) is 8.42 Å². The molecule has 0 atom stereocenters. The third-order valence-corrected chi connectivity index (χ3v) is 2.86. The summed E-state index contributed by atoms with van der Waals surface area (Å²) in [6.45, 7) is 1.76. The lowest BCUT2D eigenvalue weighted by Gasteiger charge is -1.92. The van der Waals surface area contributed by atoms with Crippen LogP contribution in [-0.2, 0) is 16.0 Å². The number of rotatable bonds is 2. The van der Waals surface area contributed by atoms with Crippen molar-refractivity contribution in [2.24, 2.45) is 0 Å². The SMILES string of the molecule is Cc1cscc1CS(=O)(=O)F. The van der Waals surface area contributed by atoms with Crippen molar-refractivity contribution in [2.45, 2.75) is 12.7 Å². The summed E-state index contributed by atoms with van der Waals surface area (Å²) in [4.78, 5) is 0. The first-order valence-corrected chi connectivity index (χ1v) is 5.42. The molecular formula is C6H7FO2S2. The van der Waals surface area contributed by atoms with Crippen LogP contribution in [0.25, 0.3) is 0 Å². The summed E-state index contributed by atoms with van der Waals surface area (Å²) in [5.74, 6) is -0.498. The van der Waals surface area contributed by atoms with E-state index in [2.05, 4.69) is 0 Å². The highest BCUT2D eigenvalue weighted by molar-refractivity contribution is 7.85. The van der Waals surface area contributed by atoms with Gasteiger partial charge in [-0.2, -0.15) is 19.8 Å². The molecule has 0 spiro atoms. The average Bonchev–Trinajstić information content (AvgIpc) is 2.12. The van der Waals surface area contributed by atoms with Crippen molar-refractivity contribution in [2.75, 3.05) is 0 Å². The van der Waals surface area contributed by atoms with Crippen LogP contribution in [0.15, 0.2) is 10.8 Å². The molecule has 0 aliphatic carbocycles. The van der Waals surface area contributed by atoms with E-state index in [0.717, 1.165) is 5.56 Å². The lowest BCUT2D eigenvalue weighted by molar-refractivity contribution is 0.551. The summed E-state index contributed by atoms with van der Waals surface area (Å²) in [5.41, 5.74) is 1.38. The molecule has 1 aromatic heterocycles. The first-order valence-electron chi connectivity index (χ1n) is 2.93. The molecule has 0 bridgehead atoms. The molecule has 0 unspecified atom stereocenters. The largest absolute Gasteiger partial charge is 0.306 e. The van der Waals surface area contributed by atoms with E-state index in [1.807, 2.05) is 0 Å². The van der Waals surface area contributed by atoms with E-state index in [9.17, 15) is 12.3 Å². The van der Waals surface area contributed by atoms with Gasteiger partial charge in [-0.15, -0.1) is 3.89 Å². The molecule has 0 saturated carbocycles. The van der Waals surface area contributed by atoms with Crippen LogP contribution in [0.4, 0.5) is 3.89 Å². The smallest absolute Gasteiger partial charge is 0.194 e. The van der Waals surface area contributed by atoms with Crippen LogP contribution < -0.4 is 0 Å². The number of halogens is 1. The minimum atomic E-state index is -4.36. The minimum Gasteiger partial charge on any atom is -0.194 e. The molecule has 0 aliphatic heterocycles. The van der Waals surface area contributed by atoms with Crippen molar-refractivity contribution in [1.82, 2.24) is 0 Å². The Labute approximate surface area is 68.9 Å². The lowest BCUT2D eigenvalue weighted by atomic mass is 10.2. The van der Waals surface area contributed by atoms with E-state index in [1.165, 1.54) is 11.3 Å². The summed E-state index contributed by atoms with van der Waals surface area (Å²) in [5, 5.41) is 3.44. The molecule has 0 radical (unpaired) electrons. The van der Waals surface area contributed by atoms with E-state index in [1.54, 1.807) is 17.7 Å². The maximum absolute atomic E-state index is 12.1. The maximum Gasteiger partial charge on any atom is 0.306 e. The second kappa shape index (κ2) is 2.91. The molecule has 1 heterocycles. The zero-order chi connectivity index (χ0) is 8.48. The zero-order valence-corrected chi connectivity index (χ0v) is 7.51. The maximum atomic E-state index is 12.1. The van der Waals surface area contributed by atoms with Gasteiger partial charge in [0.1, 0.15) is 5.75 Å². The predicted octanol–water partition coefficient (Wildman–Crippen LogP) is 1.86. The topological polar surface area (TPSA) is 34.1 Å². The van der Waals surface area contributed by atoms with Crippen LogP contribution >= 0.6 is 11.3 Å². The van der Waals surface area contributed by atoms with Crippen LogP contribution in [0.2, 0.25) is 0 Å². The summed E-state index contributed by atoms with van der Waals surface area (Å²) < 4.78 is 32.5. The van der Waals surface area contributed by atoms with Crippen LogP contribution in [0.1, 0.15) is 11.1 Å². The first-order chi connectivity index (χ1) is 4.99. The Hall–Kier alpha value is -0.420. The van der Waals surface area contributed by atoms with Crippen molar-refractivity contribution in [3.8, 4) is 0 Å². The van der Waals surface area contributed by atoms with Gasteiger partial charge >= 0.3 is 10.2 Å². The second-order valence-corrected chi connectivity index (χ2v) is 4.37. The van der Waals surface area contributed by atoms with Crippen molar-refractivity contribution in [1.29, 1.82) is 0 Å². The Morgan fingerprint density at radius 2 is 2.18 bits per heavy atom. The molecular weight excluding hydrogens is 187 g/mol. The zero-order valence-electron chi connectivity index (χ0n) is 5.87. The molecule has 62 valence electrons. The molecule has 0 aromatic carbocycles. The van der Waals surface area contributed by atoms with E-state index in [0.29, 0.717) is 5.56 Å². The van der Waals surface area contributed by atoms with E-state index in [4.69, 9.17) is 0 Å². The third-order valence-electron chi connectivity index (χ3n) is 1.29. The fourth-order valence-electron chi connectivity index (χ4n) is 0.720. The van der Waals surface area contributed by atoms with Gasteiger partial charge < -0.3 is 0 Å². The minimum absolute atomic E-state index is 0.498. The standard InChI is InChI=1S/C6H7FO2S2/c1-5-2-10-3-6(5)4-11(7,8)9/h2-3H,4H2,1H3. The number of thiophene rings is 1. The van der Waals surface area contributed by atoms with Crippen molar-refractivity contribution in [3.63, 3.8) is 0 Å². The summed E-state index contributed by atoms with van der Waals surface area (Å²) in [7, 11) is -4.36. The predicted molar refractivity (Wildman–Crippen MR) is 42.8 cm³/mol. The van der Waals surface area contributed by atoms with Gasteiger partial charge in [0.05, 0.1) is 0 Å². The fourth-order valence-corrected chi connectivity index (χ4v) is 2.37. The summed E-state index contributed by atoms with van der Waals surface area (Å²) in [6, 6.07) is 0. The van der Waals surface area contributed by atoms with E-state index < -0.39 is 16.0 Å². The highest BCUT2D eigenvalue weighted by Gasteiger charge is 2.10. The second-order valence-electron chi connectivity index (χ2n) is 2.26. The fraction of sp³-hybridized carbons (Fsp3) is 0.333. The van der Waals surface area contributed by atoms with Gasteiger partial charge in [-0.3, -0.25) is 0 Å². The van der Waals surface area contributed by atoms with Gasteiger partial charge in [0.2, 0.25) is 0 Å². The van der Waals surface area contributed by atoms with Gasteiger partial charge in [0.15, 0.2) is 0 Å². The lowest BCUT2D eigenvalue weighted by Crippen LogP contribution is -1.95. The van der Waals surface area contributed by atoms with Gasteiger partial charge in [-0.1, -0.05) is 0 Å². The van der Waals surface area contributed by atoms with Crippen molar-refractivity contribution in [3.05, 3.63) is 21.9 Å². The van der Waals surface area contributed by atoms with Crippen molar-refractivity contribution < 1.29 is 12.3 Å². The number of aryl methyl sites for hydroxylation is 1. The third kappa shape index (κ3) is 2.59. The number of hydrogen-bond acceptors (Lipinski definition) is 3. The highest BCUT2D eigenvalue weighted by atomic mass is 32.3. The Morgan fingerprint density at radius 1 is 1.55 bits per heavy atom. The van der Waals surface area contributed by atoms with Gasteiger partial charge in [-0.25, -0.2) is 0 Å². The van der Waals surface area contributed by atoms with Gasteiger partial charge in [-0.05, 0) is 28.8 Å². The summed E-state index contributed by atoms with van der Waals surface area (Å²) in [6.07, 6.45) is 0. The molecule has 0 N–H and O–H groups in total. The van der Waals surface area contributed by atoms with E-state index >= 15 is 0 Å². The van der Waals surface area contributed by atoms with Crippen LogP contribution in [0.5, 0.6) is 0 Å². The normalized spacial score (nSPS) is 11.8. The first kappa shape index (κ1) is 8.67. The molecule has 1 aromatic rings. The molecule has 11 heavy (non-hydrogen) atoms. The molecule has 0 amide bonds. The molecule has 2 nitrogen and oxygen atoms in total. The molecule has 1 rings (SSSR count). The van der Waals surface area contributed by atoms with Gasteiger partial charge in [0, 0.05) is 0 Å². The average molecular weight is 194 g/mol. The highest BCUT2D eigenvalue weighted by Crippen LogP contribution is 2.16. The summed E-state index contributed by atoms with van der Waals surface area (Å²) >= 11 is 1.38. The van der Waals surface area contributed by atoms with Crippen LogP contribution in [0, 0.1) is 6.92 Å². The van der Waals surface area contributed by atoms with Crippen molar-refractivity contribution >= 4 is 21.6 Å².